The standard InChI is InChI=1S/C48H35N3S/c1-28(50-48-47(49)46-35-19-9-8-16-31(35)22-23-42(46)52-48)51-40-26-33(29-12-4-2-5-13-29)24-38-36-20-10-17-32-18-11-21-37(43(32)36)39-25-34(30-14-6-3-7-15-30)27-41(51)45(39)44(38)40/h2-28,40,44,50H,49H2,1H3. The van der Waals surface area contributed by atoms with E-state index in [1.54, 1.807) is 11.3 Å². The highest BCUT2D eigenvalue weighted by Gasteiger charge is 2.47. The third-order valence-corrected chi connectivity index (χ3v) is 12.6. The van der Waals surface area contributed by atoms with Gasteiger partial charge in [0.25, 0.3) is 0 Å². The van der Waals surface area contributed by atoms with E-state index in [-0.39, 0.29) is 18.1 Å². The van der Waals surface area contributed by atoms with Crippen LogP contribution in [0.5, 0.6) is 0 Å². The van der Waals surface area contributed by atoms with Gasteiger partial charge in [0.05, 0.1) is 17.9 Å². The SMILES string of the molecule is CC(Nc1sc2ccc3ccccc3c2c1N)N1c2cc(-c3ccccc3)cc3c2C2C(=CC(c4ccccc4)=CC21)c1cccc2cccc-3c12. The molecule has 8 aromatic rings. The number of nitrogen functional groups attached to an aromatic ring is 1. The Kier molecular flexibility index (Phi) is 6.38. The fourth-order valence-electron chi connectivity index (χ4n) is 9.28. The van der Waals surface area contributed by atoms with E-state index in [1.807, 2.05) is 0 Å². The summed E-state index contributed by atoms with van der Waals surface area (Å²) in [5, 5.41) is 11.2. The Morgan fingerprint density at radius 1 is 0.654 bits per heavy atom. The highest BCUT2D eigenvalue weighted by atomic mass is 32.1. The van der Waals surface area contributed by atoms with E-state index in [0.717, 1.165) is 16.1 Å². The van der Waals surface area contributed by atoms with E-state index < -0.39 is 0 Å². The van der Waals surface area contributed by atoms with Crippen molar-refractivity contribution in [1.82, 2.24) is 0 Å². The molecule has 0 bridgehead atoms. The monoisotopic (exact) mass is 685 g/mol. The number of benzene rings is 7. The minimum absolute atomic E-state index is 0.0627. The third-order valence-electron chi connectivity index (χ3n) is 11.5. The lowest BCUT2D eigenvalue weighted by atomic mass is 9.77. The molecule has 0 fully saturated rings. The molecule has 1 aliphatic heterocycles. The predicted octanol–water partition coefficient (Wildman–Crippen LogP) is 12.3. The van der Waals surface area contributed by atoms with Gasteiger partial charge in [-0.15, -0.1) is 11.3 Å². The van der Waals surface area contributed by atoms with Gasteiger partial charge in [-0.25, -0.2) is 0 Å². The van der Waals surface area contributed by atoms with Crippen molar-refractivity contribution >= 4 is 70.5 Å². The predicted molar refractivity (Wildman–Crippen MR) is 223 cm³/mol. The highest BCUT2D eigenvalue weighted by molar-refractivity contribution is 7.23. The molecule has 1 aromatic heterocycles. The minimum Gasteiger partial charge on any atom is -0.396 e. The number of allylic oxidation sites excluding steroid dienone is 2. The van der Waals surface area contributed by atoms with Crippen LogP contribution in [0.2, 0.25) is 0 Å². The lowest BCUT2D eigenvalue weighted by molar-refractivity contribution is 0.627. The van der Waals surface area contributed by atoms with Crippen LogP contribution >= 0.6 is 11.3 Å². The first-order valence-electron chi connectivity index (χ1n) is 18.1. The fourth-order valence-corrected chi connectivity index (χ4v) is 10.4. The number of nitrogens with one attached hydrogen (secondary N) is 1. The number of fused-ring (bicyclic) bond motifs is 5. The number of anilines is 3. The Bertz CT molecular complexity index is 2810. The molecule has 2 aliphatic carbocycles. The van der Waals surface area contributed by atoms with Crippen molar-refractivity contribution in [2.75, 3.05) is 16.0 Å². The number of rotatable bonds is 5. The van der Waals surface area contributed by atoms with Gasteiger partial charge in [0.15, 0.2) is 0 Å². The summed E-state index contributed by atoms with van der Waals surface area (Å²) in [6, 6.07) is 53.3. The molecule has 3 nitrogen and oxygen atoms in total. The molecule has 3 atom stereocenters. The summed E-state index contributed by atoms with van der Waals surface area (Å²) in [6.07, 6.45) is 4.93. The quantitative estimate of drug-likeness (QED) is 0.189. The molecular formula is C48H35N3S. The van der Waals surface area contributed by atoms with Gasteiger partial charge in [-0.3, -0.25) is 0 Å². The van der Waals surface area contributed by atoms with E-state index in [4.69, 9.17) is 5.73 Å². The number of nitrogens with two attached hydrogens (primary N) is 1. The minimum atomic E-state index is -0.0627. The Labute approximate surface area is 307 Å². The lowest BCUT2D eigenvalue weighted by Crippen LogP contribution is -2.44. The normalized spacial score (nSPS) is 17.5. The first-order valence-corrected chi connectivity index (χ1v) is 18.9. The number of hydrogen-bond acceptors (Lipinski definition) is 4. The maximum Gasteiger partial charge on any atom is 0.115 e. The molecule has 2 heterocycles. The summed E-state index contributed by atoms with van der Waals surface area (Å²) in [6.45, 7) is 2.30. The van der Waals surface area contributed by atoms with Gasteiger partial charge in [-0.2, -0.15) is 0 Å². The Morgan fingerprint density at radius 3 is 2.17 bits per heavy atom. The van der Waals surface area contributed by atoms with Gasteiger partial charge in [-0.05, 0) is 96.8 Å². The van der Waals surface area contributed by atoms with Gasteiger partial charge in [0, 0.05) is 21.7 Å². The van der Waals surface area contributed by atoms with Crippen LogP contribution in [-0.4, -0.2) is 12.2 Å². The van der Waals surface area contributed by atoms with Crippen LogP contribution < -0.4 is 16.0 Å². The molecule has 0 spiro atoms. The molecule has 0 saturated heterocycles. The summed E-state index contributed by atoms with van der Waals surface area (Å²) in [5.41, 5.74) is 20.9. The van der Waals surface area contributed by atoms with Gasteiger partial charge in [-0.1, -0.05) is 140 Å². The molecule has 3 N–H and O–H groups in total. The summed E-state index contributed by atoms with van der Waals surface area (Å²) in [7, 11) is 0. The number of hydrogen-bond donors (Lipinski definition) is 2. The molecular weight excluding hydrogens is 651 g/mol. The summed E-state index contributed by atoms with van der Waals surface area (Å²) < 4.78 is 1.20. The molecule has 11 rings (SSSR count). The highest BCUT2D eigenvalue weighted by Crippen LogP contribution is 2.60. The van der Waals surface area contributed by atoms with Crippen LogP contribution in [0.15, 0.2) is 158 Å². The second kappa shape index (κ2) is 11.2. The molecule has 3 aliphatic rings. The smallest absolute Gasteiger partial charge is 0.115 e. The topological polar surface area (TPSA) is 41.3 Å². The van der Waals surface area contributed by atoms with E-state index in [0.29, 0.717) is 0 Å². The number of thiophene rings is 1. The van der Waals surface area contributed by atoms with Crippen LogP contribution in [0.1, 0.15) is 29.5 Å². The summed E-state index contributed by atoms with van der Waals surface area (Å²) in [4.78, 5) is 2.64. The van der Waals surface area contributed by atoms with E-state index in [1.165, 1.54) is 82.0 Å². The first kappa shape index (κ1) is 29.6. The molecule has 7 aromatic carbocycles. The second-order valence-electron chi connectivity index (χ2n) is 14.3. The molecule has 0 amide bonds. The molecule has 52 heavy (non-hydrogen) atoms. The summed E-state index contributed by atoms with van der Waals surface area (Å²) in [5.74, 6) is 0.160. The van der Waals surface area contributed by atoms with Gasteiger partial charge in [0.1, 0.15) is 5.00 Å². The largest absolute Gasteiger partial charge is 0.396 e. The second-order valence-corrected chi connectivity index (χ2v) is 15.4. The van der Waals surface area contributed by atoms with Crippen molar-refractivity contribution in [2.24, 2.45) is 0 Å². The molecule has 4 heteroatoms. The van der Waals surface area contributed by atoms with Gasteiger partial charge in [0.2, 0.25) is 0 Å². The van der Waals surface area contributed by atoms with E-state index in [9.17, 15) is 0 Å². The van der Waals surface area contributed by atoms with Crippen molar-refractivity contribution in [3.8, 4) is 22.3 Å². The zero-order valence-corrected chi connectivity index (χ0v) is 29.5. The zero-order chi connectivity index (χ0) is 34.5. The molecule has 0 saturated carbocycles. The number of nitrogens with zero attached hydrogens (tertiary/aromatic N) is 1. The van der Waals surface area contributed by atoms with Crippen molar-refractivity contribution in [3.63, 3.8) is 0 Å². The van der Waals surface area contributed by atoms with Crippen molar-refractivity contribution in [3.05, 3.63) is 174 Å². The van der Waals surface area contributed by atoms with Crippen LogP contribution in [-0.2, 0) is 0 Å². The van der Waals surface area contributed by atoms with Crippen LogP contribution in [0.25, 0.3) is 65.0 Å². The average Bonchev–Trinajstić information content (AvgIpc) is 3.67. The van der Waals surface area contributed by atoms with Crippen molar-refractivity contribution < 1.29 is 0 Å². The van der Waals surface area contributed by atoms with Gasteiger partial charge >= 0.3 is 0 Å². The molecule has 0 radical (unpaired) electrons. The van der Waals surface area contributed by atoms with E-state index >= 15 is 0 Å². The maximum atomic E-state index is 7.06. The maximum absolute atomic E-state index is 7.06. The Balaban J connectivity index is 1.16. The van der Waals surface area contributed by atoms with Crippen LogP contribution in [0.4, 0.5) is 16.4 Å². The van der Waals surface area contributed by atoms with Gasteiger partial charge < -0.3 is 16.0 Å². The van der Waals surface area contributed by atoms with Crippen molar-refractivity contribution in [1.29, 1.82) is 0 Å². The van der Waals surface area contributed by atoms with E-state index in [2.05, 4.69) is 175 Å². The first-order chi connectivity index (χ1) is 25.6. The Morgan fingerprint density at radius 2 is 1.37 bits per heavy atom. The third kappa shape index (κ3) is 4.25. The Hall–Kier alpha value is -6.10. The zero-order valence-electron chi connectivity index (χ0n) is 28.7. The summed E-state index contributed by atoms with van der Waals surface area (Å²) >= 11 is 1.75. The van der Waals surface area contributed by atoms with Crippen LogP contribution in [0, 0.1) is 0 Å². The average molecular weight is 686 g/mol. The fraction of sp³-hybridized carbons (Fsp3) is 0.0833. The van der Waals surface area contributed by atoms with Crippen molar-refractivity contribution in [2.45, 2.75) is 25.0 Å². The van der Waals surface area contributed by atoms with Crippen LogP contribution in [0.3, 0.4) is 0 Å². The lowest BCUT2D eigenvalue weighted by Gasteiger charge is -2.37. The molecule has 248 valence electrons. The molecule has 3 unspecified atom stereocenters.